The van der Waals surface area contributed by atoms with Crippen LogP contribution in [0.25, 0.3) is 0 Å². The van der Waals surface area contributed by atoms with Crippen molar-refractivity contribution in [3.05, 3.63) is 35.6 Å². The Morgan fingerprint density at radius 3 is 2.61 bits per heavy atom. The molecule has 3 heteroatoms. The second kappa shape index (κ2) is 6.33. The lowest BCUT2D eigenvalue weighted by atomic mass is 9.97. The van der Waals surface area contributed by atoms with Crippen LogP contribution in [0.15, 0.2) is 24.3 Å². The van der Waals surface area contributed by atoms with E-state index in [9.17, 15) is 4.39 Å². The van der Waals surface area contributed by atoms with Gasteiger partial charge in [-0.1, -0.05) is 53.6 Å². The highest BCUT2D eigenvalue weighted by molar-refractivity contribution is 14.1. The SMILES string of the molecule is CC(CI)(OCC1CCCC1)c1ccccc1F. The highest BCUT2D eigenvalue weighted by Gasteiger charge is 2.30. The molecule has 0 aromatic heterocycles. The molecule has 0 N–H and O–H groups in total. The molecule has 1 aliphatic rings. The summed E-state index contributed by atoms with van der Waals surface area (Å²) in [7, 11) is 0. The van der Waals surface area contributed by atoms with Gasteiger partial charge >= 0.3 is 0 Å². The Morgan fingerprint density at radius 1 is 1.33 bits per heavy atom. The lowest BCUT2D eigenvalue weighted by Crippen LogP contribution is -2.31. The highest BCUT2D eigenvalue weighted by Crippen LogP contribution is 2.33. The fourth-order valence-corrected chi connectivity index (χ4v) is 3.19. The second-order valence-corrected chi connectivity index (χ2v) is 6.07. The zero-order valence-corrected chi connectivity index (χ0v) is 13.0. The average molecular weight is 362 g/mol. The van der Waals surface area contributed by atoms with Crippen LogP contribution in [0.2, 0.25) is 0 Å². The maximum atomic E-state index is 13.9. The molecule has 1 unspecified atom stereocenters. The standard InChI is InChI=1S/C15H20FIO/c1-15(11-17,13-8-4-5-9-14(13)16)18-10-12-6-2-3-7-12/h4-5,8-9,12H,2-3,6-7,10-11H2,1H3. The molecule has 0 bridgehead atoms. The maximum Gasteiger partial charge on any atom is 0.129 e. The first kappa shape index (κ1) is 14.3. The number of halogens is 2. The van der Waals surface area contributed by atoms with Gasteiger partial charge in [-0.25, -0.2) is 4.39 Å². The smallest absolute Gasteiger partial charge is 0.129 e. The molecule has 1 atom stereocenters. The zero-order valence-electron chi connectivity index (χ0n) is 10.8. The summed E-state index contributed by atoms with van der Waals surface area (Å²) in [6.45, 7) is 2.75. The molecule has 1 nitrogen and oxygen atoms in total. The highest BCUT2D eigenvalue weighted by atomic mass is 127. The summed E-state index contributed by atoms with van der Waals surface area (Å²) in [4.78, 5) is 0. The Labute approximate surface area is 122 Å². The van der Waals surface area contributed by atoms with Gasteiger partial charge in [-0.15, -0.1) is 0 Å². The number of alkyl halides is 1. The lowest BCUT2D eigenvalue weighted by Gasteiger charge is -2.30. The third-order valence-corrected chi connectivity index (χ3v) is 5.27. The Morgan fingerprint density at radius 2 is 2.00 bits per heavy atom. The van der Waals surface area contributed by atoms with Crippen LogP contribution in [0, 0.1) is 11.7 Å². The molecule has 1 saturated carbocycles. The summed E-state index contributed by atoms with van der Waals surface area (Å²) in [5.74, 6) is 0.502. The number of benzene rings is 1. The van der Waals surface area contributed by atoms with Gasteiger partial charge in [0, 0.05) is 9.99 Å². The van der Waals surface area contributed by atoms with Gasteiger partial charge < -0.3 is 4.74 Å². The van der Waals surface area contributed by atoms with E-state index in [1.165, 1.54) is 31.7 Å². The first-order chi connectivity index (χ1) is 8.65. The summed E-state index contributed by atoms with van der Waals surface area (Å²) in [6.07, 6.45) is 5.15. The lowest BCUT2D eigenvalue weighted by molar-refractivity contribution is -0.0351. The topological polar surface area (TPSA) is 9.23 Å². The molecule has 0 heterocycles. The Bertz CT molecular complexity index is 390. The largest absolute Gasteiger partial charge is 0.369 e. The van der Waals surface area contributed by atoms with E-state index in [1.807, 2.05) is 19.1 Å². The van der Waals surface area contributed by atoms with Crippen molar-refractivity contribution in [2.24, 2.45) is 5.92 Å². The van der Waals surface area contributed by atoms with Gasteiger partial charge in [-0.05, 0) is 31.7 Å². The first-order valence-electron chi connectivity index (χ1n) is 6.60. The predicted octanol–water partition coefficient (Wildman–Crippen LogP) is 4.68. The van der Waals surface area contributed by atoms with Gasteiger partial charge in [0.15, 0.2) is 0 Å². The minimum absolute atomic E-state index is 0.164. The van der Waals surface area contributed by atoms with Gasteiger partial charge in [0.2, 0.25) is 0 Å². The van der Waals surface area contributed by atoms with Gasteiger partial charge in [-0.3, -0.25) is 0 Å². The van der Waals surface area contributed by atoms with E-state index < -0.39 is 5.60 Å². The Hall–Kier alpha value is -0.160. The van der Waals surface area contributed by atoms with Crippen LogP contribution in [0.4, 0.5) is 4.39 Å². The first-order valence-corrected chi connectivity index (χ1v) is 8.13. The summed E-state index contributed by atoms with van der Waals surface area (Å²) >= 11 is 2.28. The number of ether oxygens (including phenoxy) is 1. The third-order valence-electron chi connectivity index (χ3n) is 3.81. The molecule has 18 heavy (non-hydrogen) atoms. The van der Waals surface area contributed by atoms with Gasteiger partial charge in [0.25, 0.3) is 0 Å². The van der Waals surface area contributed by atoms with Gasteiger partial charge in [0.1, 0.15) is 11.4 Å². The van der Waals surface area contributed by atoms with Crippen LogP contribution in [0.5, 0.6) is 0 Å². The quantitative estimate of drug-likeness (QED) is 0.546. The fourth-order valence-electron chi connectivity index (χ4n) is 2.56. The van der Waals surface area contributed by atoms with Crippen molar-refractivity contribution >= 4 is 22.6 Å². The van der Waals surface area contributed by atoms with E-state index >= 15 is 0 Å². The molecule has 0 saturated heterocycles. The summed E-state index contributed by atoms with van der Waals surface area (Å²) in [5, 5.41) is 0. The predicted molar refractivity (Wildman–Crippen MR) is 80.5 cm³/mol. The van der Waals surface area contributed by atoms with Gasteiger partial charge in [0.05, 0.1) is 6.61 Å². The van der Waals surface area contributed by atoms with Crippen LogP contribution in [0.1, 0.15) is 38.2 Å². The van der Waals surface area contributed by atoms with Crippen molar-refractivity contribution in [2.75, 3.05) is 11.0 Å². The molecule has 1 aromatic rings. The van der Waals surface area contributed by atoms with Crippen LogP contribution in [-0.2, 0) is 10.3 Å². The van der Waals surface area contributed by atoms with Crippen molar-refractivity contribution in [2.45, 2.75) is 38.2 Å². The molecule has 1 aromatic carbocycles. The van der Waals surface area contributed by atoms with Crippen molar-refractivity contribution in [3.8, 4) is 0 Å². The minimum atomic E-state index is -0.505. The molecule has 1 aliphatic carbocycles. The van der Waals surface area contributed by atoms with Gasteiger partial charge in [-0.2, -0.15) is 0 Å². The van der Waals surface area contributed by atoms with E-state index in [4.69, 9.17) is 4.74 Å². The monoisotopic (exact) mass is 362 g/mol. The zero-order chi connectivity index (χ0) is 13.0. The molecule has 0 spiro atoms. The third kappa shape index (κ3) is 3.23. The maximum absolute atomic E-state index is 13.9. The van der Waals surface area contributed by atoms with Crippen molar-refractivity contribution < 1.29 is 9.13 Å². The molecule has 2 rings (SSSR count). The molecular formula is C15H20FIO. The van der Waals surface area contributed by atoms with Crippen LogP contribution in [0.3, 0.4) is 0 Å². The summed E-state index contributed by atoms with van der Waals surface area (Å²) in [5.41, 5.74) is 0.173. The molecule has 0 aliphatic heterocycles. The van der Waals surface area contributed by atoms with E-state index in [1.54, 1.807) is 6.07 Å². The second-order valence-electron chi connectivity index (χ2n) is 5.31. The van der Waals surface area contributed by atoms with Crippen LogP contribution < -0.4 is 0 Å². The Kier molecular flexibility index (Phi) is 5.01. The number of hydrogen-bond acceptors (Lipinski definition) is 1. The van der Waals surface area contributed by atoms with Crippen molar-refractivity contribution in [1.29, 1.82) is 0 Å². The van der Waals surface area contributed by atoms with Crippen LogP contribution >= 0.6 is 22.6 Å². The van der Waals surface area contributed by atoms with Crippen LogP contribution in [-0.4, -0.2) is 11.0 Å². The molecule has 1 fully saturated rings. The Balaban J connectivity index is 2.07. The van der Waals surface area contributed by atoms with E-state index in [-0.39, 0.29) is 5.82 Å². The molecule has 100 valence electrons. The van der Waals surface area contributed by atoms with E-state index in [2.05, 4.69) is 22.6 Å². The normalized spacial score (nSPS) is 19.9. The van der Waals surface area contributed by atoms with Crippen molar-refractivity contribution in [1.82, 2.24) is 0 Å². The van der Waals surface area contributed by atoms with E-state index in [0.29, 0.717) is 11.5 Å². The van der Waals surface area contributed by atoms with Crippen molar-refractivity contribution in [3.63, 3.8) is 0 Å². The number of hydrogen-bond donors (Lipinski definition) is 0. The minimum Gasteiger partial charge on any atom is -0.369 e. The fraction of sp³-hybridized carbons (Fsp3) is 0.600. The van der Waals surface area contributed by atoms with E-state index in [0.717, 1.165) is 11.0 Å². The number of rotatable bonds is 5. The average Bonchev–Trinajstić information content (AvgIpc) is 2.90. The summed E-state index contributed by atoms with van der Waals surface area (Å²) in [6, 6.07) is 6.95. The summed E-state index contributed by atoms with van der Waals surface area (Å²) < 4.78 is 20.7. The molecular weight excluding hydrogens is 342 g/mol. The molecule has 0 radical (unpaired) electrons. The molecule has 0 amide bonds.